The smallest absolute Gasteiger partial charge is 0.0899 e. The third-order valence-electron chi connectivity index (χ3n) is 2.89. The second-order valence-electron chi connectivity index (χ2n) is 5.22. The first-order valence-corrected chi connectivity index (χ1v) is 6.36. The minimum absolute atomic E-state index is 0.0820. The Bertz CT molecular complexity index is 235. The summed E-state index contributed by atoms with van der Waals surface area (Å²) in [5, 5.41) is 9.56. The molecule has 0 spiro atoms. The van der Waals surface area contributed by atoms with Crippen molar-refractivity contribution in [2.75, 3.05) is 33.9 Å². The highest BCUT2D eigenvalue weighted by Gasteiger charge is 2.20. The third kappa shape index (κ3) is 7.65. The molecule has 0 aromatic heterocycles. The van der Waals surface area contributed by atoms with Crippen LogP contribution in [0, 0.1) is 5.41 Å². The Morgan fingerprint density at radius 3 is 2.59 bits per heavy atom. The minimum atomic E-state index is -0.423. The number of aliphatic hydroxyl groups excluding tert-OH is 1. The molecule has 0 radical (unpaired) electrons. The van der Waals surface area contributed by atoms with Gasteiger partial charge in [0.05, 0.1) is 17.7 Å². The number of rotatable bonds is 9. The SMILES string of the molecule is COCC(O)CN(C)CCCC(C)(C)C(N)=S. The lowest BCUT2D eigenvalue weighted by Gasteiger charge is -2.25. The number of thiocarbonyl (C=S) groups is 1. The Kier molecular flexibility index (Phi) is 7.87. The molecule has 0 saturated carbocycles. The Hall–Kier alpha value is -0.230. The molecule has 17 heavy (non-hydrogen) atoms. The number of hydrogen-bond donors (Lipinski definition) is 2. The lowest BCUT2D eigenvalue weighted by atomic mass is 9.88. The molecule has 1 unspecified atom stereocenters. The van der Waals surface area contributed by atoms with Crippen molar-refractivity contribution in [1.82, 2.24) is 4.90 Å². The van der Waals surface area contributed by atoms with E-state index < -0.39 is 6.10 Å². The van der Waals surface area contributed by atoms with Crippen molar-refractivity contribution in [2.24, 2.45) is 11.1 Å². The van der Waals surface area contributed by atoms with Gasteiger partial charge in [0, 0.05) is 19.1 Å². The first-order valence-electron chi connectivity index (χ1n) is 5.95. The predicted molar refractivity (Wildman–Crippen MR) is 75.2 cm³/mol. The summed E-state index contributed by atoms with van der Waals surface area (Å²) in [5.74, 6) is 0. The first-order chi connectivity index (χ1) is 7.79. The van der Waals surface area contributed by atoms with Crippen LogP contribution in [0.1, 0.15) is 26.7 Å². The lowest BCUT2D eigenvalue weighted by molar-refractivity contribution is 0.0428. The van der Waals surface area contributed by atoms with E-state index in [2.05, 4.69) is 18.7 Å². The Labute approximate surface area is 110 Å². The van der Waals surface area contributed by atoms with E-state index in [9.17, 15) is 5.11 Å². The molecule has 0 aromatic rings. The number of hydrogen-bond acceptors (Lipinski definition) is 4. The normalized spacial score (nSPS) is 14.0. The molecule has 0 amide bonds. The second-order valence-corrected chi connectivity index (χ2v) is 5.66. The summed E-state index contributed by atoms with van der Waals surface area (Å²) in [6, 6.07) is 0. The standard InChI is InChI=1S/C12H26N2O2S/c1-12(2,11(13)17)6-5-7-14(3)8-10(15)9-16-4/h10,15H,5-9H2,1-4H3,(H2,13,17). The van der Waals surface area contributed by atoms with Crippen molar-refractivity contribution < 1.29 is 9.84 Å². The summed E-state index contributed by atoms with van der Waals surface area (Å²) < 4.78 is 4.88. The van der Waals surface area contributed by atoms with Crippen molar-refractivity contribution in [3.8, 4) is 0 Å². The van der Waals surface area contributed by atoms with Crippen LogP contribution in [-0.2, 0) is 4.74 Å². The van der Waals surface area contributed by atoms with Gasteiger partial charge in [0.15, 0.2) is 0 Å². The second kappa shape index (κ2) is 7.97. The monoisotopic (exact) mass is 262 g/mol. The van der Waals surface area contributed by atoms with E-state index >= 15 is 0 Å². The van der Waals surface area contributed by atoms with Crippen LogP contribution in [0.25, 0.3) is 0 Å². The zero-order valence-electron chi connectivity index (χ0n) is 11.4. The molecule has 0 aliphatic heterocycles. The van der Waals surface area contributed by atoms with E-state index in [1.54, 1.807) is 7.11 Å². The number of likely N-dealkylation sites (N-methyl/N-ethyl adjacent to an activating group) is 1. The zero-order chi connectivity index (χ0) is 13.5. The fraction of sp³-hybridized carbons (Fsp3) is 0.917. The summed E-state index contributed by atoms with van der Waals surface area (Å²) in [7, 11) is 3.58. The van der Waals surface area contributed by atoms with E-state index in [-0.39, 0.29) is 5.41 Å². The molecule has 0 aliphatic rings. The van der Waals surface area contributed by atoms with Gasteiger partial charge in [-0.3, -0.25) is 0 Å². The van der Waals surface area contributed by atoms with Gasteiger partial charge in [-0.1, -0.05) is 26.1 Å². The Morgan fingerprint density at radius 2 is 2.12 bits per heavy atom. The largest absolute Gasteiger partial charge is 0.393 e. The van der Waals surface area contributed by atoms with E-state index in [0.717, 1.165) is 19.4 Å². The summed E-state index contributed by atoms with van der Waals surface area (Å²) in [4.78, 5) is 2.67. The zero-order valence-corrected chi connectivity index (χ0v) is 12.2. The highest BCUT2D eigenvalue weighted by molar-refractivity contribution is 7.80. The fourth-order valence-electron chi connectivity index (χ4n) is 1.61. The Morgan fingerprint density at radius 1 is 1.53 bits per heavy atom. The minimum Gasteiger partial charge on any atom is -0.393 e. The van der Waals surface area contributed by atoms with E-state index in [1.165, 1.54) is 0 Å². The predicted octanol–water partition coefficient (Wildman–Crippen LogP) is 1.02. The summed E-state index contributed by atoms with van der Waals surface area (Å²) in [6.07, 6.45) is 1.56. The topological polar surface area (TPSA) is 58.7 Å². The molecule has 0 rings (SSSR count). The van der Waals surface area contributed by atoms with Crippen LogP contribution in [0.15, 0.2) is 0 Å². The van der Waals surface area contributed by atoms with Gasteiger partial charge in [-0.25, -0.2) is 0 Å². The maximum absolute atomic E-state index is 9.56. The molecule has 4 nitrogen and oxygen atoms in total. The summed E-state index contributed by atoms with van der Waals surface area (Å²) >= 11 is 5.02. The molecule has 0 aromatic carbocycles. The van der Waals surface area contributed by atoms with Gasteiger partial charge in [-0.15, -0.1) is 0 Å². The van der Waals surface area contributed by atoms with Crippen LogP contribution < -0.4 is 5.73 Å². The maximum Gasteiger partial charge on any atom is 0.0899 e. The summed E-state index contributed by atoms with van der Waals surface area (Å²) in [6.45, 7) is 6.06. The van der Waals surface area contributed by atoms with E-state index in [4.69, 9.17) is 22.7 Å². The van der Waals surface area contributed by atoms with Crippen molar-refractivity contribution >= 4 is 17.2 Å². The van der Waals surface area contributed by atoms with Crippen molar-refractivity contribution in [3.63, 3.8) is 0 Å². The maximum atomic E-state index is 9.56. The lowest BCUT2D eigenvalue weighted by Crippen LogP contribution is -2.34. The number of aliphatic hydroxyl groups is 1. The molecular weight excluding hydrogens is 236 g/mol. The van der Waals surface area contributed by atoms with Crippen LogP contribution in [0.4, 0.5) is 0 Å². The molecule has 0 aliphatic carbocycles. The Balaban J connectivity index is 3.78. The fourth-order valence-corrected chi connectivity index (χ4v) is 1.71. The highest BCUT2D eigenvalue weighted by atomic mass is 32.1. The van der Waals surface area contributed by atoms with Gasteiger partial charge < -0.3 is 20.5 Å². The highest BCUT2D eigenvalue weighted by Crippen LogP contribution is 2.22. The van der Waals surface area contributed by atoms with Crippen molar-refractivity contribution in [2.45, 2.75) is 32.8 Å². The van der Waals surface area contributed by atoms with Gasteiger partial charge in [-0.05, 0) is 26.4 Å². The van der Waals surface area contributed by atoms with Gasteiger partial charge in [0.1, 0.15) is 0 Å². The van der Waals surface area contributed by atoms with E-state index in [0.29, 0.717) is 18.1 Å². The average Bonchev–Trinajstić information content (AvgIpc) is 2.16. The van der Waals surface area contributed by atoms with Crippen molar-refractivity contribution in [3.05, 3.63) is 0 Å². The number of nitrogens with zero attached hydrogens (tertiary/aromatic N) is 1. The molecule has 102 valence electrons. The van der Waals surface area contributed by atoms with Crippen LogP contribution in [0.2, 0.25) is 0 Å². The molecular formula is C12H26N2O2S. The van der Waals surface area contributed by atoms with Gasteiger partial charge in [-0.2, -0.15) is 0 Å². The van der Waals surface area contributed by atoms with Gasteiger partial charge in [0.2, 0.25) is 0 Å². The van der Waals surface area contributed by atoms with Gasteiger partial charge >= 0.3 is 0 Å². The van der Waals surface area contributed by atoms with Crippen molar-refractivity contribution in [1.29, 1.82) is 0 Å². The number of methoxy groups -OCH3 is 1. The molecule has 0 fully saturated rings. The molecule has 0 bridgehead atoms. The molecule has 3 N–H and O–H groups in total. The summed E-state index contributed by atoms with van der Waals surface area (Å²) in [5.41, 5.74) is 5.59. The average molecular weight is 262 g/mol. The molecule has 0 heterocycles. The number of nitrogens with two attached hydrogens (primary N) is 1. The molecule has 1 atom stereocenters. The molecule has 0 saturated heterocycles. The van der Waals surface area contributed by atoms with Crippen LogP contribution in [-0.4, -0.2) is 55.0 Å². The van der Waals surface area contributed by atoms with Crippen LogP contribution >= 0.6 is 12.2 Å². The third-order valence-corrected chi connectivity index (χ3v) is 3.44. The quantitative estimate of drug-likeness (QED) is 0.608. The van der Waals surface area contributed by atoms with Gasteiger partial charge in [0.25, 0.3) is 0 Å². The first kappa shape index (κ1) is 16.8. The van der Waals surface area contributed by atoms with Crippen LogP contribution in [0.3, 0.4) is 0 Å². The van der Waals surface area contributed by atoms with Crippen LogP contribution in [0.5, 0.6) is 0 Å². The van der Waals surface area contributed by atoms with E-state index in [1.807, 2.05) is 7.05 Å². The molecule has 5 heteroatoms. The number of ether oxygens (including phenoxy) is 1.